The first-order valence-corrected chi connectivity index (χ1v) is 9.25. The largest absolute Gasteiger partial charge is 0.490 e. The predicted molar refractivity (Wildman–Crippen MR) is 90.8 cm³/mol. The molecule has 3 heteroatoms. The van der Waals surface area contributed by atoms with E-state index in [9.17, 15) is 8.78 Å². The van der Waals surface area contributed by atoms with Crippen molar-refractivity contribution in [2.75, 3.05) is 6.61 Å². The van der Waals surface area contributed by atoms with E-state index in [2.05, 4.69) is 6.92 Å². The summed E-state index contributed by atoms with van der Waals surface area (Å²) in [5.41, 5.74) is 0.405. The quantitative estimate of drug-likeness (QED) is 0.510. The number of hydrogen-bond acceptors (Lipinski definition) is 1. The monoisotopic (exact) mass is 324 g/mol. The molecule has 0 aromatic heterocycles. The maximum atomic E-state index is 13.9. The summed E-state index contributed by atoms with van der Waals surface area (Å²) in [6.45, 7) is 4.56. The summed E-state index contributed by atoms with van der Waals surface area (Å²) in [4.78, 5) is 0. The van der Waals surface area contributed by atoms with Crippen LogP contribution in [0.4, 0.5) is 8.78 Å². The molecule has 130 valence electrons. The Bertz CT molecular complexity index is 479. The standard InChI is InChI=1S/C20H30F2O/c1-3-5-6-7-15-8-10-16(11-9-15)14-23-18-13-12-17(4-2)19(21)20(18)22/h12-13,15-16H,3-11,14H2,1-2H3/t15-,16-. The third kappa shape index (κ3) is 5.19. The lowest BCUT2D eigenvalue weighted by atomic mass is 9.80. The van der Waals surface area contributed by atoms with Gasteiger partial charge in [0.2, 0.25) is 5.82 Å². The molecule has 0 N–H and O–H groups in total. The fraction of sp³-hybridized carbons (Fsp3) is 0.700. The summed E-state index contributed by atoms with van der Waals surface area (Å²) < 4.78 is 33.3. The smallest absolute Gasteiger partial charge is 0.200 e. The van der Waals surface area contributed by atoms with E-state index >= 15 is 0 Å². The highest BCUT2D eigenvalue weighted by atomic mass is 19.2. The molecule has 1 saturated carbocycles. The highest BCUT2D eigenvalue weighted by Gasteiger charge is 2.22. The van der Waals surface area contributed by atoms with E-state index in [1.807, 2.05) is 6.92 Å². The summed E-state index contributed by atoms with van der Waals surface area (Å²) >= 11 is 0. The van der Waals surface area contributed by atoms with Crippen molar-refractivity contribution >= 4 is 0 Å². The van der Waals surface area contributed by atoms with E-state index in [0.717, 1.165) is 18.8 Å². The Labute approximate surface area is 139 Å². The van der Waals surface area contributed by atoms with Crippen molar-refractivity contribution in [2.45, 2.75) is 71.6 Å². The van der Waals surface area contributed by atoms with Crippen LogP contribution in [-0.2, 0) is 6.42 Å². The van der Waals surface area contributed by atoms with Gasteiger partial charge in [-0.1, -0.05) is 58.4 Å². The van der Waals surface area contributed by atoms with Gasteiger partial charge in [-0.15, -0.1) is 0 Å². The second kappa shape index (κ2) is 9.24. The molecule has 0 aliphatic heterocycles. The minimum absolute atomic E-state index is 0.0600. The molecule has 0 bridgehead atoms. The number of halogens is 2. The molecule has 0 heterocycles. The number of unbranched alkanes of at least 4 members (excludes halogenated alkanes) is 2. The van der Waals surface area contributed by atoms with Gasteiger partial charge < -0.3 is 4.74 Å². The average molecular weight is 324 g/mol. The second-order valence-corrected chi connectivity index (χ2v) is 6.90. The van der Waals surface area contributed by atoms with Crippen LogP contribution in [0.2, 0.25) is 0 Å². The molecule has 1 aromatic rings. The Balaban J connectivity index is 1.76. The molecule has 0 radical (unpaired) electrons. The number of rotatable bonds is 8. The first-order chi connectivity index (χ1) is 11.2. The maximum Gasteiger partial charge on any atom is 0.200 e. The lowest BCUT2D eigenvalue weighted by Gasteiger charge is -2.28. The Morgan fingerprint density at radius 1 is 0.957 bits per heavy atom. The first-order valence-electron chi connectivity index (χ1n) is 9.25. The highest BCUT2D eigenvalue weighted by Crippen LogP contribution is 2.33. The highest BCUT2D eigenvalue weighted by molar-refractivity contribution is 5.31. The average Bonchev–Trinajstić information content (AvgIpc) is 2.58. The number of ether oxygens (including phenoxy) is 1. The molecule has 1 nitrogen and oxygen atoms in total. The molecule has 0 unspecified atom stereocenters. The van der Waals surface area contributed by atoms with E-state index in [0.29, 0.717) is 24.5 Å². The van der Waals surface area contributed by atoms with E-state index < -0.39 is 11.6 Å². The maximum absolute atomic E-state index is 13.9. The van der Waals surface area contributed by atoms with E-state index in [1.165, 1.54) is 38.5 Å². The molecule has 1 aliphatic carbocycles. The summed E-state index contributed by atoms with van der Waals surface area (Å²) in [6.07, 6.45) is 10.6. The van der Waals surface area contributed by atoms with E-state index in [4.69, 9.17) is 4.74 Å². The number of benzene rings is 1. The van der Waals surface area contributed by atoms with Crippen molar-refractivity contribution in [3.05, 3.63) is 29.3 Å². The summed E-state index contributed by atoms with van der Waals surface area (Å²) in [5, 5.41) is 0. The molecule has 0 atom stereocenters. The van der Waals surface area contributed by atoms with Gasteiger partial charge >= 0.3 is 0 Å². The van der Waals surface area contributed by atoms with Crippen LogP contribution >= 0.6 is 0 Å². The zero-order chi connectivity index (χ0) is 16.7. The van der Waals surface area contributed by atoms with Crippen LogP contribution in [0.3, 0.4) is 0 Å². The topological polar surface area (TPSA) is 9.23 Å². The molecular formula is C20H30F2O. The van der Waals surface area contributed by atoms with Crippen LogP contribution in [0.15, 0.2) is 12.1 Å². The molecule has 23 heavy (non-hydrogen) atoms. The predicted octanol–water partition coefficient (Wildman–Crippen LogP) is 6.29. The van der Waals surface area contributed by atoms with Gasteiger partial charge in [0, 0.05) is 0 Å². The van der Waals surface area contributed by atoms with Crippen molar-refractivity contribution in [1.29, 1.82) is 0 Å². The van der Waals surface area contributed by atoms with Crippen LogP contribution < -0.4 is 4.74 Å². The van der Waals surface area contributed by atoms with Gasteiger partial charge in [0.15, 0.2) is 11.6 Å². The Hall–Kier alpha value is -1.12. The Kier molecular flexibility index (Phi) is 7.32. The third-order valence-electron chi connectivity index (χ3n) is 5.16. The van der Waals surface area contributed by atoms with Crippen LogP contribution in [0, 0.1) is 23.5 Å². The van der Waals surface area contributed by atoms with Crippen molar-refractivity contribution < 1.29 is 13.5 Å². The molecular weight excluding hydrogens is 294 g/mol. The van der Waals surface area contributed by atoms with Crippen LogP contribution in [0.25, 0.3) is 0 Å². The third-order valence-corrected chi connectivity index (χ3v) is 5.16. The van der Waals surface area contributed by atoms with Gasteiger partial charge in [0.25, 0.3) is 0 Å². The van der Waals surface area contributed by atoms with Crippen molar-refractivity contribution in [3.63, 3.8) is 0 Å². The second-order valence-electron chi connectivity index (χ2n) is 6.90. The van der Waals surface area contributed by atoms with Crippen LogP contribution in [0.5, 0.6) is 5.75 Å². The Morgan fingerprint density at radius 2 is 1.65 bits per heavy atom. The fourth-order valence-electron chi connectivity index (χ4n) is 3.53. The van der Waals surface area contributed by atoms with E-state index in [-0.39, 0.29) is 5.75 Å². The molecule has 2 rings (SSSR count). The van der Waals surface area contributed by atoms with Crippen molar-refractivity contribution in [3.8, 4) is 5.75 Å². The summed E-state index contributed by atoms with van der Waals surface area (Å²) in [6, 6.07) is 3.19. The van der Waals surface area contributed by atoms with Crippen LogP contribution in [0.1, 0.15) is 70.8 Å². The van der Waals surface area contributed by atoms with Gasteiger partial charge in [-0.05, 0) is 42.7 Å². The minimum Gasteiger partial charge on any atom is -0.490 e. The first kappa shape index (κ1) is 18.2. The lowest BCUT2D eigenvalue weighted by molar-refractivity contribution is 0.172. The lowest BCUT2D eigenvalue weighted by Crippen LogP contribution is -2.20. The molecule has 0 spiro atoms. The van der Waals surface area contributed by atoms with E-state index in [1.54, 1.807) is 12.1 Å². The zero-order valence-corrected chi connectivity index (χ0v) is 14.5. The number of hydrogen-bond donors (Lipinski definition) is 0. The molecule has 1 aromatic carbocycles. The molecule has 1 fully saturated rings. The Morgan fingerprint density at radius 3 is 2.30 bits per heavy atom. The van der Waals surface area contributed by atoms with Crippen molar-refractivity contribution in [2.24, 2.45) is 11.8 Å². The summed E-state index contributed by atoms with van der Waals surface area (Å²) in [5.74, 6) is -0.200. The zero-order valence-electron chi connectivity index (χ0n) is 14.5. The van der Waals surface area contributed by atoms with Crippen molar-refractivity contribution in [1.82, 2.24) is 0 Å². The van der Waals surface area contributed by atoms with Crippen LogP contribution in [-0.4, -0.2) is 6.61 Å². The van der Waals surface area contributed by atoms with Gasteiger partial charge in [0.1, 0.15) is 0 Å². The minimum atomic E-state index is -0.836. The molecule has 0 amide bonds. The van der Waals surface area contributed by atoms with Gasteiger partial charge in [-0.3, -0.25) is 0 Å². The van der Waals surface area contributed by atoms with Gasteiger partial charge in [-0.25, -0.2) is 4.39 Å². The molecule has 1 aliphatic rings. The van der Waals surface area contributed by atoms with Gasteiger partial charge in [0.05, 0.1) is 6.61 Å². The SMILES string of the molecule is CCCCC[C@H]1CC[C@H](COc2ccc(CC)c(F)c2F)CC1. The number of aryl methyl sites for hydroxylation is 1. The fourth-order valence-corrected chi connectivity index (χ4v) is 3.53. The normalized spacial score (nSPS) is 21.4. The summed E-state index contributed by atoms with van der Waals surface area (Å²) in [7, 11) is 0. The van der Waals surface area contributed by atoms with Gasteiger partial charge in [-0.2, -0.15) is 4.39 Å². The molecule has 0 saturated heterocycles.